The number of hydrogen-bond acceptors (Lipinski definition) is 4. The summed E-state index contributed by atoms with van der Waals surface area (Å²) in [5, 5.41) is 3.41. The van der Waals surface area contributed by atoms with Gasteiger partial charge in [-0.3, -0.25) is 14.7 Å². The lowest BCUT2D eigenvalue weighted by Crippen LogP contribution is -2.37. The van der Waals surface area contributed by atoms with Crippen LogP contribution in [0, 0.1) is 5.92 Å². The minimum atomic E-state index is -0.281. The highest BCUT2D eigenvalue weighted by Gasteiger charge is 2.40. The third kappa shape index (κ3) is 4.29. The van der Waals surface area contributed by atoms with Crippen LogP contribution in [0.1, 0.15) is 31.7 Å². The molecule has 3 amide bonds. The van der Waals surface area contributed by atoms with E-state index in [0.29, 0.717) is 18.3 Å². The predicted molar refractivity (Wildman–Crippen MR) is 108 cm³/mol. The summed E-state index contributed by atoms with van der Waals surface area (Å²) in [7, 11) is 0. The summed E-state index contributed by atoms with van der Waals surface area (Å²) in [5.74, 6) is 0.801. The zero-order valence-corrected chi connectivity index (χ0v) is 16.5. The molecule has 4 rings (SSSR count). The van der Waals surface area contributed by atoms with E-state index in [2.05, 4.69) is 10.3 Å². The fourth-order valence-electron chi connectivity index (χ4n) is 3.49. The maximum atomic E-state index is 12.7. The van der Waals surface area contributed by atoms with Crippen molar-refractivity contribution in [1.29, 1.82) is 0 Å². The van der Waals surface area contributed by atoms with E-state index in [9.17, 15) is 9.59 Å². The highest BCUT2D eigenvalue weighted by molar-refractivity contribution is 8.15. The summed E-state index contributed by atoms with van der Waals surface area (Å²) in [5.41, 5.74) is 1.07. The van der Waals surface area contributed by atoms with Gasteiger partial charge in [0.15, 0.2) is 5.17 Å². The van der Waals surface area contributed by atoms with E-state index in [4.69, 9.17) is 0 Å². The maximum absolute atomic E-state index is 12.7. The van der Waals surface area contributed by atoms with E-state index in [-0.39, 0.29) is 23.2 Å². The summed E-state index contributed by atoms with van der Waals surface area (Å²) in [4.78, 5) is 33.6. The SMILES string of the molecule is CC1N=C(N2CCN(CCC3CC3)C2=O)SC1C(=O)NCc1ccccc1. The second-order valence-electron chi connectivity index (χ2n) is 7.55. The molecule has 2 unspecified atom stereocenters. The van der Waals surface area contributed by atoms with Gasteiger partial charge in [-0.15, -0.1) is 0 Å². The molecular weight excluding hydrogens is 360 g/mol. The molecule has 1 aromatic rings. The smallest absolute Gasteiger partial charge is 0.326 e. The van der Waals surface area contributed by atoms with E-state index in [0.717, 1.165) is 31.0 Å². The average molecular weight is 387 g/mol. The average Bonchev–Trinajstić information content (AvgIpc) is 3.33. The van der Waals surface area contributed by atoms with Gasteiger partial charge in [0.05, 0.1) is 6.04 Å². The zero-order chi connectivity index (χ0) is 18.8. The van der Waals surface area contributed by atoms with Crippen molar-refractivity contribution in [3.05, 3.63) is 35.9 Å². The first-order valence-corrected chi connectivity index (χ1v) is 10.6. The Kier molecular flexibility index (Phi) is 5.38. The lowest BCUT2D eigenvalue weighted by molar-refractivity contribution is -0.120. The van der Waals surface area contributed by atoms with E-state index in [1.54, 1.807) is 4.90 Å². The molecule has 1 aliphatic carbocycles. The minimum Gasteiger partial charge on any atom is -0.351 e. The van der Waals surface area contributed by atoms with Gasteiger partial charge in [-0.2, -0.15) is 0 Å². The van der Waals surface area contributed by atoms with Gasteiger partial charge in [0.25, 0.3) is 0 Å². The van der Waals surface area contributed by atoms with Crippen molar-refractivity contribution in [3.8, 4) is 0 Å². The molecule has 1 N–H and O–H groups in total. The van der Waals surface area contributed by atoms with Gasteiger partial charge in [0.2, 0.25) is 5.91 Å². The Labute approximate surface area is 164 Å². The molecule has 0 aromatic heterocycles. The van der Waals surface area contributed by atoms with E-state index >= 15 is 0 Å². The Morgan fingerprint density at radius 2 is 2.04 bits per heavy atom. The predicted octanol–water partition coefficient (Wildman–Crippen LogP) is 2.70. The van der Waals surface area contributed by atoms with Crippen LogP contribution >= 0.6 is 11.8 Å². The van der Waals surface area contributed by atoms with Crippen molar-refractivity contribution in [2.45, 2.75) is 44.0 Å². The van der Waals surface area contributed by atoms with Gasteiger partial charge in [0, 0.05) is 26.2 Å². The number of carbonyl (C=O) groups excluding carboxylic acids is 2. The van der Waals surface area contributed by atoms with Crippen LogP contribution in [0.4, 0.5) is 4.79 Å². The molecule has 1 saturated carbocycles. The Balaban J connectivity index is 1.30. The number of amidine groups is 1. The van der Waals surface area contributed by atoms with Gasteiger partial charge in [-0.05, 0) is 24.8 Å². The van der Waals surface area contributed by atoms with Crippen LogP contribution in [0.2, 0.25) is 0 Å². The number of benzene rings is 1. The molecule has 7 heteroatoms. The van der Waals surface area contributed by atoms with Crippen LogP contribution in [0.15, 0.2) is 35.3 Å². The van der Waals surface area contributed by atoms with Crippen LogP contribution in [-0.4, -0.2) is 57.8 Å². The van der Waals surface area contributed by atoms with Crippen LogP contribution in [0.5, 0.6) is 0 Å². The molecule has 144 valence electrons. The number of nitrogens with one attached hydrogen (secondary N) is 1. The summed E-state index contributed by atoms with van der Waals surface area (Å²) < 4.78 is 0. The molecule has 1 saturated heterocycles. The second kappa shape index (κ2) is 7.92. The first-order valence-electron chi connectivity index (χ1n) is 9.74. The van der Waals surface area contributed by atoms with Crippen molar-refractivity contribution in [2.75, 3.05) is 19.6 Å². The van der Waals surface area contributed by atoms with Crippen LogP contribution in [0.3, 0.4) is 0 Å². The summed E-state index contributed by atoms with van der Waals surface area (Å²) in [6.45, 7) is 4.72. The molecular formula is C20H26N4O2S. The number of hydrogen-bond donors (Lipinski definition) is 1. The Hall–Kier alpha value is -2.02. The number of urea groups is 1. The molecule has 2 atom stereocenters. The summed E-state index contributed by atoms with van der Waals surface area (Å²) >= 11 is 1.42. The standard InChI is InChI=1S/C20H26N4O2S/c1-14-17(18(25)21-13-16-5-3-2-4-6-16)27-19(22-14)24-12-11-23(20(24)26)10-9-15-7-8-15/h2-6,14-15,17H,7-13H2,1H3,(H,21,25). The molecule has 2 heterocycles. The van der Waals surface area contributed by atoms with Crippen molar-refractivity contribution >= 4 is 28.9 Å². The number of amides is 3. The quantitative estimate of drug-likeness (QED) is 0.818. The van der Waals surface area contributed by atoms with Crippen molar-refractivity contribution < 1.29 is 9.59 Å². The molecule has 0 bridgehead atoms. The number of nitrogens with zero attached hydrogens (tertiary/aromatic N) is 3. The first-order chi connectivity index (χ1) is 13.1. The number of thioether (sulfide) groups is 1. The molecule has 27 heavy (non-hydrogen) atoms. The molecule has 0 spiro atoms. The number of aliphatic imine (C=N–C) groups is 1. The second-order valence-corrected chi connectivity index (χ2v) is 8.66. The molecule has 2 fully saturated rings. The fraction of sp³-hybridized carbons (Fsp3) is 0.550. The summed E-state index contributed by atoms with van der Waals surface area (Å²) in [6.07, 6.45) is 3.73. The summed E-state index contributed by atoms with van der Waals surface area (Å²) in [6, 6.07) is 9.78. The van der Waals surface area contributed by atoms with Crippen LogP contribution in [0.25, 0.3) is 0 Å². The number of rotatable bonds is 6. The topological polar surface area (TPSA) is 65.0 Å². The van der Waals surface area contributed by atoms with Crippen molar-refractivity contribution in [3.63, 3.8) is 0 Å². The third-order valence-corrected chi connectivity index (χ3v) is 6.78. The van der Waals surface area contributed by atoms with E-state index in [1.165, 1.54) is 24.6 Å². The molecule has 6 nitrogen and oxygen atoms in total. The maximum Gasteiger partial charge on any atom is 0.326 e. The number of carbonyl (C=O) groups is 2. The lowest BCUT2D eigenvalue weighted by atomic mass is 10.2. The Morgan fingerprint density at radius 1 is 1.26 bits per heavy atom. The van der Waals surface area contributed by atoms with E-state index < -0.39 is 0 Å². The Bertz CT molecular complexity index is 735. The molecule has 2 aliphatic heterocycles. The minimum absolute atomic E-state index is 0.0210. The molecule has 0 radical (unpaired) electrons. The van der Waals surface area contributed by atoms with Crippen LogP contribution in [-0.2, 0) is 11.3 Å². The van der Waals surface area contributed by atoms with Crippen molar-refractivity contribution in [2.24, 2.45) is 10.9 Å². The molecule has 1 aromatic carbocycles. The van der Waals surface area contributed by atoms with Crippen molar-refractivity contribution in [1.82, 2.24) is 15.1 Å². The third-order valence-electron chi connectivity index (χ3n) is 5.38. The Morgan fingerprint density at radius 3 is 2.78 bits per heavy atom. The van der Waals surface area contributed by atoms with Gasteiger partial charge < -0.3 is 10.2 Å². The highest BCUT2D eigenvalue weighted by Crippen LogP contribution is 2.34. The highest BCUT2D eigenvalue weighted by atomic mass is 32.2. The van der Waals surface area contributed by atoms with E-state index in [1.807, 2.05) is 42.2 Å². The monoisotopic (exact) mass is 386 g/mol. The zero-order valence-electron chi connectivity index (χ0n) is 15.6. The van der Waals surface area contributed by atoms with Gasteiger partial charge in [0.1, 0.15) is 5.25 Å². The van der Waals surface area contributed by atoms with Gasteiger partial charge >= 0.3 is 6.03 Å². The molecule has 3 aliphatic rings. The lowest BCUT2D eigenvalue weighted by Gasteiger charge is -2.18. The fourth-order valence-corrected chi connectivity index (χ4v) is 4.69. The normalized spacial score (nSPS) is 25.1. The van der Waals surface area contributed by atoms with Gasteiger partial charge in [-0.25, -0.2) is 4.79 Å². The van der Waals surface area contributed by atoms with Crippen LogP contribution < -0.4 is 5.32 Å². The van der Waals surface area contributed by atoms with Gasteiger partial charge in [-0.1, -0.05) is 54.9 Å². The first kappa shape index (κ1) is 18.3. The largest absolute Gasteiger partial charge is 0.351 e.